The molecule has 0 aliphatic rings. The molecule has 5 heteroatoms. The molecule has 2 aromatic heterocycles. The van der Waals surface area contributed by atoms with Crippen LogP contribution in [0.5, 0.6) is 0 Å². The Balaban J connectivity index is 2.43. The van der Waals surface area contributed by atoms with Crippen molar-refractivity contribution >= 4 is 16.3 Å². The number of hydrogen-bond donors (Lipinski definition) is 1. The van der Waals surface area contributed by atoms with Gasteiger partial charge in [0.1, 0.15) is 0 Å². The first-order valence-corrected chi connectivity index (χ1v) is 5.90. The van der Waals surface area contributed by atoms with Gasteiger partial charge in [0.15, 0.2) is 5.82 Å². The van der Waals surface area contributed by atoms with Crippen LogP contribution in [0.4, 0.5) is 5.00 Å². The number of nitrogens with two attached hydrogens (primary N) is 1. The molecule has 2 heterocycles. The van der Waals surface area contributed by atoms with Crippen LogP contribution in [0.2, 0.25) is 0 Å². The molecule has 0 aromatic carbocycles. The van der Waals surface area contributed by atoms with Crippen molar-refractivity contribution < 1.29 is 4.52 Å². The maximum absolute atomic E-state index is 5.88. The van der Waals surface area contributed by atoms with Crippen LogP contribution in [0.3, 0.4) is 0 Å². The molecular weight excluding hydrogens is 222 g/mol. The Bertz CT molecular complexity index is 508. The molecule has 0 unspecified atom stereocenters. The second-order valence-electron chi connectivity index (χ2n) is 4.81. The molecule has 0 amide bonds. The minimum Gasteiger partial charge on any atom is -0.390 e. The normalized spacial score (nSPS) is 12.0. The van der Waals surface area contributed by atoms with Gasteiger partial charge >= 0.3 is 0 Å². The first kappa shape index (κ1) is 11.1. The van der Waals surface area contributed by atoms with Crippen LogP contribution in [-0.4, -0.2) is 10.1 Å². The molecule has 0 saturated carbocycles. The van der Waals surface area contributed by atoms with E-state index >= 15 is 0 Å². The maximum Gasteiger partial charge on any atom is 0.260 e. The van der Waals surface area contributed by atoms with Gasteiger partial charge in [-0.2, -0.15) is 4.98 Å². The van der Waals surface area contributed by atoms with Gasteiger partial charge in [-0.25, -0.2) is 0 Å². The molecule has 0 aliphatic carbocycles. The molecule has 2 aromatic rings. The monoisotopic (exact) mass is 237 g/mol. The Morgan fingerprint density at radius 3 is 2.50 bits per heavy atom. The van der Waals surface area contributed by atoms with Crippen LogP contribution in [0, 0.1) is 6.92 Å². The van der Waals surface area contributed by atoms with Crippen LogP contribution >= 0.6 is 11.3 Å². The number of hydrogen-bond acceptors (Lipinski definition) is 5. The predicted octanol–water partition coefficient (Wildman–Crippen LogP) is 2.99. The van der Waals surface area contributed by atoms with Crippen LogP contribution in [0.25, 0.3) is 11.5 Å². The number of anilines is 1. The molecule has 16 heavy (non-hydrogen) atoms. The van der Waals surface area contributed by atoms with E-state index in [0.29, 0.717) is 11.7 Å². The van der Waals surface area contributed by atoms with E-state index in [1.54, 1.807) is 0 Å². The van der Waals surface area contributed by atoms with Gasteiger partial charge in [-0.1, -0.05) is 25.9 Å². The van der Waals surface area contributed by atoms with E-state index in [4.69, 9.17) is 10.3 Å². The number of nitrogen functional groups attached to an aromatic ring is 1. The van der Waals surface area contributed by atoms with Crippen molar-refractivity contribution in [1.82, 2.24) is 10.1 Å². The number of aryl methyl sites for hydroxylation is 1. The second-order valence-corrected chi connectivity index (χ2v) is 6.10. The lowest BCUT2D eigenvalue weighted by atomic mass is 9.96. The Labute approximate surface area is 98.5 Å². The highest BCUT2D eigenvalue weighted by Crippen LogP contribution is 2.33. The highest BCUT2D eigenvalue weighted by atomic mass is 32.1. The maximum atomic E-state index is 5.88. The summed E-state index contributed by atoms with van der Waals surface area (Å²) in [6, 6.07) is 1.97. The molecule has 2 N–H and O–H groups in total. The largest absolute Gasteiger partial charge is 0.390 e. The molecular formula is C11H15N3OS. The lowest BCUT2D eigenvalue weighted by Gasteiger charge is -2.10. The summed E-state index contributed by atoms with van der Waals surface area (Å²) in [4.78, 5) is 5.52. The summed E-state index contributed by atoms with van der Waals surface area (Å²) in [6.45, 7) is 8.14. The molecule has 86 valence electrons. The van der Waals surface area contributed by atoms with Gasteiger partial charge in [-0.15, -0.1) is 11.3 Å². The highest BCUT2D eigenvalue weighted by molar-refractivity contribution is 7.16. The van der Waals surface area contributed by atoms with E-state index in [-0.39, 0.29) is 5.41 Å². The van der Waals surface area contributed by atoms with E-state index in [2.05, 4.69) is 10.1 Å². The van der Waals surface area contributed by atoms with Crippen molar-refractivity contribution in [2.45, 2.75) is 33.1 Å². The SMILES string of the molecule is Cc1cc(-c2nc(C(C)(C)C)no2)c(N)s1. The summed E-state index contributed by atoms with van der Waals surface area (Å²) in [6.07, 6.45) is 0. The summed E-state index contributed by atoms with van der Waals surface area (Å²) in [7, 11) is 0. The predicted molar refractivity (Wildman–Crippen MR) is 65.5 cm³/mol. The highest BCUT2D eigenvalue weighted by Gasteiger charge is 2.22. The number of nitrogens with zero attached hydrogens (tertiary/aromatic N) is 2. The quantitative estimate of drug-likeness (QED) is 0.828. The fourth-order valence-corrected chi connectivity index (χ4v) is 2.12. The fraction of sp³-hybridized carbons (Fsp3) is 0.455. The third-order valence-corrected chi connectivity index (χ3v) is 3.09. The summed E-state index contributed by atoms with van der Waals surface area (Å²) >= 11 is 1.53. The molecule has 0 bridgehead atoms. The summed E-state index contributed by atoms with van der Waals surface area (Å²) in [5.74, 6) is 1.21. The van der Waals surface area contributed by atoms with Gasteiger partial charge in [0, 0.05) is 10.3 Å². The average molecular weight is 237 g/mol. The summed E-state index contributed by atoms with van der Waals surface area (Å²) in [5, 5.41) is 4.70. The Morgan fingerprint density at radius 2 is 2.06 bits per heavy atom. The zero-order valence-electron chi connectivity index (χ0n) is 9.87. The van der Waals surface area contributed by atoms with Gasteiger partial charge in [-0.3, -0.25) is 0 Å². The molecule has 0 saturated heterocycles. The van der Waals surface area contributed by atoms with Gasteiger partial charge in [-0.05, 0) is 13.0 Å². The van der Waals surface area contributed by atoms with Crippen molar-refractivity contribution in [1.29, 1.82) is 0 Å². The van der Waals surface area contributed by atoms with Crippen LogP contribution < -0.4 is 5.73 Å². The summed E-state index contributed by atoms with van der Waals surface area (Å²) in [5.41, 5.74) is 6.61. The lowest BCUT2D eigenvalue weighted by molar-refractivity contribution is 0.402. The lowest BCUT2D eigenvalue weighted by Crippen LogP contribution is -2.13. The Morgan fingerprint density at radius 1 is 1.38 bits per heavy atom. The first-order valence-electron chi connectivity index (χ1n) is 5.08. The molecule has 4 nitrogen and oxygen atoms in total. The fourth-order valence-electron chi connectivity index (χ4n) is 1.34. The smallest absolute Gasteiger partial charge is 0.260 e. The minimum atomic E-state index is -0.110. The average Bonchev–Trinajstić information content (AvgIpc) is 2.70. The first-order chi connectivity index (χ1) is 7.38. The molecule has 0 spiro atoms. The van der Waals surface area contributed by atoms with Gasteiger partial charge < -0.3 is 10.3 Å². The molecule has 0 aliphatic heterocycles. The molecule has 0 fully saturated rings. The van der Waals surface area contributed by atoms with Gasteiger partial charge in [0.05, 0.1) is 10.6 Å². The molecule has 0 radical (unpaired) electrons. The van der Waals surface area contributed by atoms with Gasteiger partial charge in [0.2, 0.25) is 0 Å². The minimum absolute atomic E-state index is 0.110. The molecule has 0 atom stereocenters. The number of thiophene rings is 1. The zero-order chi connectivity index (χ0) is 11.9. The van der Waals surface area contributed by atoms with E-state index in [9.17, 15) is 0 Å². The van der Waals surface area contributed by atoms with Crippen LogP contribution in [-0.2, 0) is 5.41 Å². The summed E-state index contributed by atoms with van der Waals surface area (Å²) < 4.78 is 5.24. The Kier molecular flexibility index (Phi) is 2.50. The third-order valence-electron chi connectivity index (χ3n) is 2.21. The Hall–Kier alpha value is -1.36. The van der Waals surface area contributed by atoms with Crippen molar-refractivity contribution in [3.63, 3.8) is 0 Å². The van der Waals surface area contributed by atoms with Crippen LogP contribution in [0.1, 0.15) is 31.5 Å². The van der Waals surface area contributed by atoms with E-state index in [0.717, 1.165) is 15.4 Å². The van der Waals surface area contributed by atoms with Crippen molar-refractivity contribution in [3.8, 4) is 11.5 Å². The number of rotatable bonds is 1. The molecule has 2 rings (SSSR count). The zero-order valence-corrected chi connectivity index (χ0v) is 10.7. The van der Waals surface area contributed by atoms with E-state index in [1.165, 1.54) is 11.3 Å². The van der Waals surface area contributed by atoms with Crippen molar-refractivity contribution in [2.24, 2.45) is 0 Å². The standard InChI is InChI=1S/C11H15N3OS/c1-6-5-7(8(12)16-6)9-13-10(14-15-9)11(2,3)4/h5H,12H2,1-4H3. The van der Waals surface area contributed by atoms with Crippen LogP contribution in [0.15, 0.2) is 10.6 Å². The second kappa shape index (κ2) is 3.59. The third kappa shape index (κ3) is 1.95. The van der Waals surface area contributed by atoms with Crippen molar-refractivity contribution in [3.05, 3.63) is 16.8 Å². The van der Waals surface area contributed by atoms with E-state index < -0.39 is 0 Å². The van der Waals surface area contributed by atoms with Crippen molar-refractivity contribution in [2.75, 3.05) is 5.73 Å². The van der Waals surface area contributed by atoms with Gasteiger partial charge in [0.25, 0.3) is 5.89 Å². The van der Waals surface area contributed by atoms with E-state index in [1.807, 2.05) is 33.8 Å². The topological polar surface area (TPSA) is 64.9 Å². The number of aromatic nitrogens is 2.